The maximum absolute atomic E-state index is 12.9. The van der Waals surface area contributed by atoms with Gasteiger partial charge in [0, 0.05) is 19.5 Å². The molecule has 0 aromatic heterocycles. The highest BCUT2D eigenvalue weighted by atomic mass is 16.5. The maximum Gasteiger partial charge on any atom is 0.331 e. The minimum Gasteiger partial charge on any atom is -0.459 e. The van der Waals surface area contributed by atoms with Crippen molar-refractivity contribution in [3.8, 4) is 0 Å². The number of esters is 1. The minimum atomic E-state index is -1.25. The van der Waals surface area contributed by atoms with E-state index in [9.17, 15) is 24.6 Å². The van der Waals surface area contributed by atoms with Gasteiger partial charge in [-0.3, -0.25) is 9.59 Å². The van der Waals surface area contributed by atoms with E-state index in [1.165, 1.54) is 11.0 Å². The summed E-state index contributed by atoms with van der Waals surface area (Å²) < 4.78 is 5.20. The number of nitrogens with one attached hydrogen (secondary N) is 1. The van der Waals surface area contributed by atoms with Gasteiger partial charge in [-0.1, -0.05) is 66.7 Å². The maximum atomic E-state index is 12.9. The van der Waals surface area contributed by atoms with E-state index in [4.69, 9.17) is 4.74 Å². The number of ether oxygens (including phenoxy) is 1. The van der Waals surface area contributed by atoms with Crippen LogP contribution in [-0.2, 0) is 32.3 Å². The molecule has 0 saturated heterocycles. The summed E-state index contributed by atoms with van der Waals surface area (Å²) in [4.78, 5) is 39.6. The Morgan fingerprint density at radius 2 is 1.62 bits per heavy atom. The first-order valence-corrected chi connectivity index (χ1v) is 11.1. The molecule has 0 aliphatic carbocycles. The van der Waals surface area contributed by atoms with Crippen LogP contribution in [0.4, 0.5) is 0 Å². The molecule has 0 radical (unpaired) electrons. The molecule has 0 aliphatic rings. The molecule has 0 fully saturated rings. The fourth-order valence-corrected chi connectivity index (χ4v) is 3.34. The van der Waals surface area contributed by atoms with Gasteiger partial charge in [0.1, 0.15) is 6.61 Å². The summed E-state index contributed by atoms with van der Waals surface area (Å²) in [5, 5.41) is 21.5. The van der Waals surface area contributed by atoms with Gasteiger partial charge >= 0.3 is 5.97 Å². The molecule has 2 aromatic rings. The molecule has 0 bridgehead atoms. The first kappa shape index (κ1) is 26.8. The number of rotatable bonds is 14. The van der Waals surface area contributed by atoms with E-state index < -0.39 is 30.4 Å². The van der Waals surface area contributed by atoms with Gasteiger partial charge in [-0.25, -0.2) is 4.79 Å². The highest BCUT2D eigenvalue weighted by molar-refractivity contribution is 5.89. The summed E-state index contributed by atoms with van der Waals surface area (Å²) in [6, 6.07) is 17.1. The smallest absolute Gasteiger partial charge is 0.331 e. The number of carbonyl (C=O) groups is 3. The van der Waals surface area contributed by atoms with Gasteiger partial charge in [0.05, 0.1) is 19.1 Å². The third kappa shape index (κ3) is 8.80. The first-order chi connectivity index (χ1) is 16.5. The molecule has 0 unspecified atom stereocenters. The number of hydrogen-bond acceptors (Lipinski definition) is 6. The quantitative estimate of drug-likeness (QED) is 0.288. The number of hydrogen-bond donors (Lipinski definition) is 3. The molecule has 0 heterocycles. The molecule has 0 spiro atoms. The van der Waals surface area contributed by atoms with E-state index in [-0.39, 0.29) is 38.5 Å². The Kier molecular flexibility index (Phi) is 11.5. The fourth-order valence-electron chi connectivity index (χ4n) is 3.34. The third-order valence-electron chi connectivity index (χ3n) is 5.19. The van der Waals surface area contributed by atoms with Crippen molar-refractivity contribution < 1.29 is 29.3 Å². The van der Waals surface area contributed by atoms with Crippen LogP contribution >= 0.6 is 0 Å². The molecule has 8 nitrogen and oxygen atoms in total. The standard InChI is InChI=1S/C26H32N2O6/c1-2-9-22(16-24(31)28(14-15-29)17-20-10-5-3-6-11-20)25(32)27-23(18-30)26(33)34-19-21-12-7-4-8-13-21/h2-8,10-13,22-23,29-30H,1,9,14-19H2,(H,27,32)/t22-,23+/m0/s1. The van der Waals surface area contributed by atoms with E-state index in [1.54, 1.807) is 12.1 Å². The Labute approximate surface area is 199 Å². The van der Waals surface area contributed by atoms with Crippen molar-refractivity contribution in [1.29, 1.82) is 0 Å². The van der Waals surface area contributed by atoms with Crippen LogP contribution < -0.4 is 5.32 Å². The third-order valence-corrected chi connectivity index (χ3v) is 5.19. The number of nitrogens with zero attached hydrogens (tertiary/aromatic N) is 1. The summed E-state index contributed by atoms with van der Waals surface area (Å²) in [7, 11) is 0. The molecular weight excluding hydrogens is 436 g/mol. The number of aliphatic hydroxyl groups excluding tert-OH is 2. The van der Waals surface area contributed by atoms with Crippen LogP contribution in [-0.4, -0.2) is 58.7 Å². The zero-order chi connectivity index (χ0) is 24.8. The summed E-state index contributed by atoms with van der Waals surface area (Å²) >= 11 is 0. The van der Waals surface area contributed by atoms with Gasteiger partial charge in [0.15, 0.2) is 6.04 Å². The lowest BCUT2D eigenvalue weighted by molar-refractivity contribution is -0.150. The second-order valence-electron chi connectivity index (χ2n) is 7.79. The largest absolute Gasteiger partial charge is 0.459 e. The van der Waals surface area contributed by atoms with Crippen LogP contribution in [0.1, 0.15) is 24.0 Å². The molecule has 2 atom stereocenters. The summed E-state index contributed by atoms with van der Waals surface area (Å²) in [6.07, 6.45) is 1.59. The monoisotopic (exact) mass is 468 g/mol. The van der Waals surface area contributed by atoms with Gasteiger partial charge in [0.2, 0.25) is 11.8 Å². The Bertz CT molecular complexity index is 919. The Hall–Kier alpha value is -3.49. The Morgan fingerprint density at radius 1 is 1.00 bits per heavy atom. The van der Waals surface area contributed by atoms with Crippen LogP contribution in [0.2, 0.25) is 0 Å². The van der Waals surface area contributed by atoms with Crippen LogP contribution in [0.15, 0.2) is 73.3 Å². The van der Waals surface area contributed by atoms with Crippen molar-refractivity contribution in [3.05, 3.63) is 84.4 Å². The lowest BCUT2D eigenvalue weighted by Gasteiger charge is -2.25. The van der Waals surface area contributed by atoms with Crippen molar-refractivity contribution in [3.63, 3.8) is 0 Å². The Balaban J connectivity index is 1.99. The number of carbonyl (C=O) groups excluding carboxylic acids is 3. The van der Waals surface area contributed by atoms with Gasteiger partial charge in [0.25, 0.3) is 0 Å². The van der Waals surface area contributed by atoms with E-state index in [2.05, 4.69) is 11.9 Å². The SMILES string of the molecule is C=CC[C@@H](CC(=O)N(CCO)Cc1ccccc1)C(=O)N[C@H](CO)C(=O)OCc1ccccc1. The zero-order valence-corrected chi connectivity index (χ0v) is 19.1. The van der Waals surface area contributed by atoms with Crippen LogP contribution in [0.25, 0.3) is 0 Å². The normalized spacial score (nSPS) is 12.3. The van der Waals surface area contributed by atoms with Gasteiger partial charge in [-0.05, 0) is 17.5 Å². The molecule has 0 aliphatic heterocycles. The zero-order valence-electron chi connectivity index (χ0n) is 19.1. The van der Waals surface area contributed by atoms with Gasteiger partial charge in [-0.2, -0.15) is 0 Å². The molecule has 34 heavy (non-hydrogen) atoms. The fraction of sp³-hybridized carbons (Fsp3) is 0.346. The lowest BCUT2D eigenvalue weighted by atomic mass is 9.98. The van der Waals surface area contributed by atoms with Crippen molar-refractivity contribution in [2.45, 2.75) is 32.0 Å². The van der Waals surface area contributed by atoms with E-state index >= 15 is 0 Å². The number of benzene rings is 2. The van der Waals surface area contributed by atoms with E-state index in [0.29, 0.717) is 6.54 Å². The molecule has 8 heteroatoms. The topological polar surface area (TPSA) is 116 Å². The summed E-state index contributed by atoms with van der Waals surface area (Å²) in [5.74, 6) is -2.44. The van der Waals surface area contributed by atoms with Crippen molar-refractivity contribution in [1.82, 2.24) is 10.2 Å². The van der Waals surface area contributed by atoms with Crippen LogP contribution in [0, 0.1) is 5.92 Å². The molecule has 2 amide bonds. The molecule has 0 saturated carbocycles. The van der Waals surface area contributed by atoms with E-state index in [1.807, 2.05) is 48.5 Å². The second-order valence-corrected chi connectivity index (χ2v) is 7.79. The predicted octanol–water partition coefficient (Wildman–Crippen LogP) is 1.81. The predicted molar refractivity (Wildman–Crippen MR) is 127 cm³/mol. The number of allylic oxidation sites excluding steroid dienone is 1. The minimum absolute atomic E-state index is 0.0101. The van der Waals surface area contributed by atoms with Crippen molar-refractivity contribution >= 4 is 17.8 Å². The number of amides is 2. The van der Waals surface area contributed by atoms with Crippen LogP contribution in [0.5, 0.6) is 0 Å². The summed E-state index contributed by atoms with van der Waals surface area (Å²) in [5.41, 5.74) is 1.67. The van der Waals surface area contributed by atoms with Crippen LogP contribution in [0.3, 0.4) is 0 Å². The highest BCUT2D eigenvalue weighted by Gasteiger charge is 2.28. The Morgan fingerprint density at radius 3 is 2.18 bits per heavy atom. The average molecular weight is 469 g/mol. The molecule has 2 aromatic carbocycles. The molecule has 3 N–H and O–H groups in total. The number of aliphatic hydroxyl groups is 2. The molecular formula is C26H32N2O6. The molecule has 182 valence electrons. The van der Waals surface area contributed by atoms with Crippen molar-refractivity contribution in [2.24, 2.45) is 5.92 Å². The van der Waals surface area contributed by atoms with Crippen molar-refractivity contribution in [2.75, 3.05) is 19.8 Å². The average Bonchev–Trinajstić information content (AvgIpc) is 2.86. The second kappa shape index (κ2) is 14.6. The summed E-state index contributed by atoms with van der Waals surface area (Å²) in [6.45, 7) is 3.23. The van der Waals surface area contributed by atoms with Gasteiger partial charge < -0.3 is 25.2 Å². The lowest BCUT2D eigenvalue weighted by Crippen LogP contribution is -2.47. The first-order valence-electron chi connectivity index (χ1n) is 11.1. The highest BCUT2D eigenvalue weighted by Crippen LogP contribution is 2.15. The molecule has 2 rings (SSSR count). The van der Waals surface area contributed by atoms with Gasteiger partial charge in [-0.15, -0.1) is 6.58 Å². The van der Waals surface area contributed by atoms with E-state index in [0.717, 1.165) is 11.1 Å².